The Bertz CT molecular complexity index is 1480. The van der Waals surface area contributed by atoms with Crippen molar-refractivity contribution in [1.82, 2.24) is 10.2 Å². The molecule has 1 saturated heterocycles. The molecule has 0 saturated carbocycles. The van der Waals surface area contributed by atoms with E-state index in [9.17, 15) is 18.4 Å². The first-order chi connectivity index (χ1) is 19.8. The average molecular weight is 553 g/mol. The molecule has 2 amide bonds. The lowest BCUT2D eigenvalue weighted by Crippen LogP contribution is -2.53. The van der Waals surface area contributed by atoms with Crippen molar-refractivity contribution in [3.63, 3.8) is 0 Å². The van der Waals surface area contributed by atoms with Crippen LogP contribution in [0.1, 0.15) is 54.2 Å². The molecule has 0 radical (unpaired) electrons. The highest BCUT2D eigenvalue weighted by Crippen LogP contribution is 2.38. The highest BCUT2D eigenvalue weighted by atomic mass is 19.1. The van der Waals surface area contributed by atoms with Gasteiger partial charge in [-0.1, -0.05) is 80.6 Å². The van der Waals surface area contributed by atoms with Crippen LogP contribution in [0.4, 0.5) is 8.78 Å². The molecule has 1 N–H and O–H groups in total. The molecule has 5 rings (SSSR count). The van der Waals surface area contributed by atoms with E-state index in [2.05, 4.69) is 19.2 Å². The van der Waals surface area contributed by atoms with E-state index in [4.69, 9.17) is 0 Å². The number of rotatable bonds is 7. The van der Waals surface area contributed by atoms with Crippen molar-refractivity contribution in [2.45, 2.75) is 38.1 Å². The van der Waals surface area contributed by atoms with Crippen molar-refractivity contribution < 1.29 is 18.4 Å². The van der Waals surface area contributed by atoms with Crippen molar-refractivity contribution in [2.75, 3.05) is 13.1 Å². The Morgan fingerprint density at radius 3 is 1.78 bits per heavy atom. The number of piperidine rings is 1. The molecule has 210 valence electrons. The van der Waals surface area contributed by atoms with Gasteiger partial charge in [-0.15, -0.1) is 0 Å². The maximum atomic E-state index is 14.1. The number of nitrogens with one attached hydrogen (secondary N) is 1. The van der Waals surface area contributed by atoms with Gasteiger partial charge in [0, 0.05) is 18.7 Å². The average Bonchev–Trinajstić information content (AvgIpc) is 3.00. The van der Waals surface area contributed by atoms with Crippen LogP contribution in [0.2, 0.25) is 0 Å². The van der Waals surface area contributed by atoms with Gasteiger partial charge in [0.2, 0.25) is 5.91 Å². The number of hydrogen-bond donors (Lipinski definition) is 1. The number of nitrogens with zero attached hydrogens (tertiary/aromatic N) is 1. The molecule has 4 aromatic carbocycles. The number of carbonyl (C=O) groups excluding carboxylic acids is 2. The monoisotopic (exact) mass is 552 g/mol. The quantitative estimate of drug-likeness (QED) is 0.261. The third-order valence-corrected chi connectivity index (χ3v) is 8.16. The first kappa shape index (κ1) is 28.2. The molecule has 1 unspecified atom stereocenters. The highest BCUT2D eigenvalue weighted by Gasteiger charge is 2.44. The number of halogens is 2. The minimum atomic E-state index is -0.890. The van der Waals surface area contributed by atoms with Gasteiger partial charge in [0.05, 0.1) is 11.5 Å². The van der Waals surface area contributed by atoms with E-state index in [1.165, 1.54) is 24.3 Å². The van der Waals surface area contributed by atoms with Crippen molar-refractivity contribution in [1.29, 1.82) is 0 Å². The normalized spacial score (nSPS) is 15.4. The van der Waals surface area contributed by atoms with Crippen LogP contribution in [0.5, 0.6) is 0 Å². The Morgan fingerprint density at radius 2 is 1.24 bits per heavy atom. The molecular formula is C35H34F2N2O2. The predicted octanol–water partition coefficient (Wildman–Crippen LogP) is 7.32. The van der Waals surface area contributed by atoms with Gasteiger partial charge in [-0.05, 0) is 77.4 Å². The fourth-order valence-corrected chi connectivity index (χ4v) is 5.71. The molecular weight excluding hydrogens is 518 g/mol. The van der Waals surface area contributed by atoms with Crippen molar-refractivity contribution in [3.8, 4) is 11.1 Å². The topological polar surface area (TPSA) is 49.4 Å². The van der Waals surface area contributed by atoms with Gasteiger partial charge < -0.3 is 10.2 Å². The standard InChI is InChI=1S/C35H34F2N2O2/c1-24(2)32(27-6-4-3-5-7-27)38-34(41)35(29-14-18-31(37)19-15-29)20-22-39(23-21-35)33(40)28-10-8-25(9-11-28)26-12-16-30(36)17-13-26/h3-19,24,32H,20-23H2,1-2H3,(H,38,41). The van der Waals surface area contributed by atoms with E-state index < -0.39 is 5.41 Å². The molecule has 1 aliphatic heterocycles. The van der Waals surface area contributed by atoms with Crippen LogP contribution >= 0.6 is 0 Å². The summed E-state index contributed by atoms with van der Waals surface area (Å²) in [5, 5.41) is 3.30. The summed E-state index contributed by atoms with van der Waals surface area (Å²) in [7, 11) is 0. The zero-order valence-electron chi connectivity index (χ0n) is 23.3. The van der Waals surface area contributed by atoms with Crippen molar-refractivity contribution in [3.05, 3.63) is 131 Å². The van der Waals surface area contributed by atoms with Gasteiger partial charge in [0.1, 0.15) is 11.6 Å². The molecule has 1 heterocycles. The summed E-state index contributed by atoms with van der Waals surface area (Å²) < 4.78 is 27.1. The Kier molecular flexibility index (Phi) is 8.29. The molecule has 1 fully saturated rings. The van der Waals surface area contributed by atoms with Crippen LogP contribution in [0, 0.1) is 17.6 Å². The summed E-state index contributed by atoms with van der Waals surface area (Å²) >= 11 is 0. The van der Waals surface area contributed by atoms with Gasteiger partial charge in [-0.25, -0.2) is 8.78 Å². The molecule has 1 atom stereocenters. The summed E-state index contributed by atoms with van der Waals surface area (Å²) in [6.45, 7) is 4.93. The van der Waals surface area contributed by atoms with Gasteiger partial charge >= 0.3 is 0 Å². The fraction of sp³-hybridized carbons (Fsp3) is 0.257. The molecule has 0 aromatic heterocycles. The lowest BCUT2D eigenvalue weighted by atomic mass is 9.71. The van der Waals surface area contributed by atoms with Gasteiger partial charge in [-0.3, -0.25) is 9.59 Å². The smallest absolute Gasteiger partial charge is 0.253 e. The number of likely N-dealkylation sites (tertiary alicyclic amines) is 1. The van der Waals surface area contributed by atoms with E-state index in [1.54, 1.807) is 41.3 Å². The lowest BCUT2D eigenvalue weighted by molar-refractivity contribution is -0.129. The highest BCUT2D eigenvalue weighted by molar-refractivity contribution is 5.95. The van der Waals surface area contributed by atoms with E-state index in [-0.39, 0.29) is 35.4 Å². The van der Waals surface area contributed by atoms with Gasteiger partial charge in [0.15, 0.2) is 0 Å². The summed E-state index contributed by atoms with van der Waals surface area (Å²) in [6.07, 6.45) is 0.840. The second-order valence-electron chi connectivity index (χ2n) is 11.1. The van der Waals surface area contributed by atoms with Crippen molar-refractivity contribution in [2.24, 2.45) is 5.92 Å². The first-order valence-corrected chi connectivity index (χ1v) is 14.0. The summed E-state index contributed by atoms with van der Waals surface area (Å²) in [6, 6.07) is 29.4. The second-order valence-corrected chi connectivity index (χ2v) is 11.1. The molecule has 41 heavy (non-hydrogen) atoms. The van der Waals surface area contributed by atoms with E-state index >= 15 is 0 Å². The Hall–Kier alpha value is -4.32. The minimum absolute atomic E-state index is 0.104. The number of benzene rings is 4. The maximum absolute atomic E-state index is 14.1. The van der Waals surface area contributed by atoms with Crippen molar-refractivity contribution >= 4 is 11.8 Å². The zero-order valence-corrected chi connectivity index (χ0v) is 23.3. The Balaban J connectivity index is 1.35. The first-order valence-electron chi connectivity index (χ1n) is 14.0. The largest absolute Gasteiger partial charge is 0.348 e. The third kappa shape index (κ3) is 6.07. The Labute approximate surface area is 240 Å². The molecule has 0 bridgehead atoms. The van der Waals surface area contributed by atoms with Gasteiger partial charge in [-0.2, -0.15) is 0 Å². The lowest BCUT2D eigenvalue weighted by Gasteiger charge is -2.42. The molecule has 4 nitrogen and oxygen atoms in total. The zero-order chi connectivity index (χ0) is 29.0. The fourth-order valence-electron chi connectivity index (χ4n) is 5.71. The predicted molar refractivity (Wildman–Crippen MR) is 157 cm³/mol. The number of carbonyl (C=O) groups is 2. The Morgan fingerprint density at radius 1 is 0.732 bits per heavy atom. The number of hydrogen-bond acceptors (Lipinski definition) is 2. The van der Waals surface area contributed by atoms with E-state index in [0.717, 1.165) is 22.3 Å². The minimum Gasteiger partial charge on any atom is -0.348 e. The molecule has 0 spiro atoms. The second kappa shape index (κ2) is 12.0. The maximum Gasteiger partial charge on any atom is 0.253 e. The molecule has 1 aliphatic rings. The van der Waals surface area contributed by atoms with Crippen LogP contribution in [0.25, 0.3) is 11.1 Å². The summed E-state index contributed by atoms with van der Waals surface area (Å²) in [4.78, 5) is 29.3. The molecule has 6 heteroatoms. The van der Waals surface area contributed by atoms with Crippen LogP contribution in [-0.2, 0) is 10.2 Å². The van der Waals surface area contributed by atoms with Crippen LogP contribution < -0.4 is 5.32 Å². The summed E-state index contributed by atoms with van der Waals surface area (Å²) in [5.41, 5.74) is 3.21. The number of amides is 2. The summed E-state index contributed by atoms with van der Waals surface area (Å²) in [5.74, 6) is -0.706. The van der Waals surface area contributed by atoms with Gasteiger partial charge in [0.25, 0.3) is 5.91 Å². The van der Waals surface area contributed by atoms with Crippen LogP contribution in [-0.4, -0.2) is 29.8 Å². The van der Waals surface area contributed by atoms with Crippen LogP contribution in [0.15, 0.2) is 103 Å². The molecule has 0 aliphatic carbocycles. The molecule has 4 aromatic rings. The van der Waals surface area contributed by atoms with E-state index in [1.807, 2.05) is 42.5 Å². The SMILES string of the molecule is CC(C)C(NC(=O)C1(c2ccc(F)cc2)CCN(C(=O)c2ccc(-c3ccc(F)cc3)cc2)CC1)c1ccccc1. The van der Waals surface area contributed by atoms with E-state index in [0.29, 0.717) is 31.5 Å². The van der Waals surface area contributed by atoms with Crippen LogP contribution in [0.3, 0.4) is 0 Å². The third-order valence-electron chi connectivity index (χ3n) is 8.16.